The van der Waals surface area contributed by atoms with Crippen molar-refractivity contribution in [2.24, 2.45) is 0 Å². The molecule has 10 heteroatoms. The van der Waals surface area contributed by atoms with Crippen molar-refractivity contribution < 1.29 is 14.0 Å². The molecule has 0 spiro atoms. The molecule has 0 unspecified atom stereocenters. The number of nitrogens with one attached hydrogen (secondary N) is 2. The van der Waals surface area contributed by atoms with Crippen LogP contribution in [-0.4, -0.2) is 48.0 Å². The van der Waals surface area contributed by atoms with Gasteiger partial charge in [-0.2, -0.15) is 0 Å². The number of hydrogen-bond donors (Lipinski definition) is 2. The Hall–Kier alpha value is -3.20. The van der Waals surface area contributed by atoms with Crippen LogP contribution in [0.2, 0.25) is 10.0 Å². The van der Waals surface area contributed by atoms with E-state index in [1.165, 1.54) is 12.1 Å². The van der Waals surface area contributed by atoms with Gasteiger partial charge in [-0.25, -0.2) is 4.39 Å². The molecule has 1 aliphatic heterocycles. The summed E-state index contributed by atoms with van der Waals surface area (Å²) in [5, 5.41) is 6.83. The van der Waals surface area contributed by atoms with Crippen molar-refractivity contribution in [3.05, 3.63) is 93.7 Å². The predicted molar refractivity (Wildman–Crippen MR) is 141 cm³/mol. The summed E-state index contributed by atoms with van der Waals surface area (Å²) < 4.78 is 14.0. The standard InChI is InChI=1S/C25H21Cl2FN4O2S/c26-17-7-5-16(6-8-17)23(33)30-25(35)29-21-15-18(27)9-10-22(21)31-11-13-32(14-12-31)24(34)19-3-1-2-4-20(19)28/h1-10,15H,11-14H2,(H2,29,30,33,35). The number of benzene rings is 3. The highest BCUT2D eigenvalue weighted by Crippen LogP contribution is 2.30. The summed E-state index contributed by atoms with van der Waals surface area (Å²) in [6.07, 6.45) is 0. The molecule has 6 nitrogen and oxygen atoms in total. The monoisotopic (exact) mass is 530 g/mol. The maximum Gasteiger partial charge on any atom is 0.257 e. The lowest BCUT2D eigenvalue weighted by molar-refractivity contribution is 0.0742. The molecule has 1 fully saturated rings. The topological polar surface area (TPSA) is 64.7 Å². The van der Waals surface area contributed by atoms with Gasteiger partial charge in [0, 0.05) is 41.8 Å². The van der Waals surface area contributed by atoms with E-state index >= 15 is 0 Å². The van der Waals surface area contributed by atoms with Crippen molar-refractivity contribution in [3.63, 3.8) is 0 Å². The SMILES string of the molecule is O=C(NC(=S)Nc1cc(Cl)ccc1N1CCN(C(=O)c2ccccc2F)CC1)c1ccc(Cl)cc1. The van der Waals surface area contributed by atoms with Crippen LogP contribution >= 0.6 is 35.4 Å². The Balaban J connectivity index is 1.42. The first-order valence-corrected chi connectivity index (χ1v) is 11.9. The van der Waals surface area contributed by atoms with E-state index in [1.54, 1.807) is 53.4 Å². The number of halogens is 3. The van der Waals surface area contributed by atoms with Gasteiger partial charge in [-0.3, -0.25) is 14.9 Å². The highest BCUT2D eigenvalue weighted by Gasteiger charge is 2.25. The van der Waals surface area contributed by atoms with E-state index < -0.39 is 5.82 Å². The first-order chi connectivity index (χ1) is 16.8. The number of hydrogen-bond acceptors (Lipinski definition) is 4. The van der Waals surface area contributed by atoms with Gasteiger partial charge in [-0.1, -0.05) is 35.3 Å². The minimum Gasteiger partial charge on any atom is -0.366 e. The average molecular weight is 531 g/mol. The summed E-state index contributed by atoms with van der Waals surface area (Å²) in [7, 11) is 0. The zero-order chi connectivity index (χ0) is 24.9. The van der Waals surface area contributed by atoms with Crippen LogP contribution in [0.3, 0.4) is 0 Å². The number of rotatable bonds is 4. The molecule has 1 saturated heterocycles. The van der Waals surface area contributed by atoms with E-state index in [9.17, 15) is 14.0 Å². The maximum atomic E-state index is 14.0. The molecular formula is C25H21Cl2FN4O2S. The lowest BCUT2D eigenvalue weighted by Crippen LogP contribution is -2.49. The summed E-state index contributed by atoms with van der Waals surface area (Å²) in [5.41, 5.74) is 1.92. The molecule has 0 radical (unpaired) electrons. The third-order valence-corrected chi connectivity index (χ3v) is 6.24. The van der Waals surface area contributed by atoms with Crippen molar-refractivity contribution in [2.45, 2.75) is 0 Å². The molecule has 0 bridgehead atoms. The van der Waals surface area contributed by atoms with Gasteiger partial charge in [0.1, 0.15) is 5.82 Å². The predicted octanol–water partition coefficient (Wildman–Crippen LogP) is 5.22. The highest BCUT2D eigenvalue weighted by molar-refractivity contribution is 7.80. The number of nitrogens with zero attached hydrogens (tertiary/aromatic N) is 2. The molecule has 3 aromatic carbocycles. The summed E-state index contributed by atoms with van der Waals surface area (Å²) in [4.78, 5) is 28.9. The van der Waals surface area contributed by atoms with E-state index in [4.69, 9.17) is 35.4 Å². The second-order valence-electron chi connectivity index (χ2n) is 7.84. The third-order valence-electron chi connectivity index (χ3n) is 5.55. The second-order valence-corrected chi connectivity index (χ2v) is 9.12. The zero-order valence-electron chi connectivity index (χ0n) is 18.4. The molecule has 2 amide bonds. The fourth-order valence-electron chi connectivity index (χ4n) is 3.77. The number of thiocarbonyl (C=S) groups is 1. The Morgan fingerprint density at radius 3 is 2.23 bits per heavy atom. The van der Waals surface area contributed by atoms with Gasteiger partial charge in [0.05, 0.1) is 16.9 Å². The Morgan fingerprint density at radius 1 is 0.886 bits per heavy atom. The Bertz CT molecular complexity index is 1260. The van der Waals surface area contributed by atoms with Crippen molar-refractivity contribution in [1.82, 2.24) is 10.2 Å². The minimum atomic E-state index is -0.529. The molecule has 3 aromatic rings. The van der Waals surface area contributed by atoms with Crippen LogP contribution in [0.15, 0.2) is 66.7 Å². The number of carbonyl (C=O) groups excluding carboxylic acids is 2. The van der Waals surface area contributed by atoms with Crippen LogP contribution in [0, 0.1) is 5.82 Å². The quantitative estimate of drug-likeness (QED) is 0.452. The molecule has 0 aromatic heterocycles. The number of anilines is 2. The molecule has 1 aliphatic rings. The molecule has 0 saturated carbocycles. The van der Waals surface area contributed by atoms with Crippen LogP contribution in [-0.2, 0) is 0 Å². The van der Waals surface area contributed by atoms with E-state index in [0.717, 1.165) is 5.69 Å². The smallest absolute Gasteiger partial charge is 0.257 e. The lowest BCUT2D eigenvalue weighted by atomic mass is 10.1. The molecule has 0 atom stereocenters. The largest absolute Gasteiger partial charge is 0.366 e. The molecule has 180 valence electrons. The van der Waals surface area contributed by atoms with Gasteiger partial charge in [0.15, 0.2) is 5.11 Å². The first kappa shape index (κ1) is 24.9. The number of carbonyl (C=O) groups is 2. The van der Waals surface area contributed by atoms with Crippen LogP contribution in [0.4, 0.5) is 15.8 Å². The van der Waals surface area contributed by atoms with Crippen molar-refractivity contribution >= 4 is 63.7 Å². The summed E-state index contributed by atoms with van der Waals surface area (Å²) in [6.45, 7) is 1.90. The fraction of sp³-hybridized carbons (Fsp3) is 0.160. The molecule has 35 heavy (non-hydrogen) atoms. The zero-order valence-corrected chi connectivity index (χ0v) is 20.8. The van der Waals surface area contributed by atoms with Crippen LogP contribution in [0.1, 0.15) is 20.7 Å². The lowest BCUT2D eigenvalue weighted by Gasteiger charge is -2.37. The van der Waals surface area contributed by atoms with Crippen LogP contribution < -0.4 is 15.5 Å². The van der Waals surface area contributed by atoms with E-state index in [1.807, 2.05) is 6.07 Å². The molecule has 1 heterocycles. The fourth-order valence-corrected chi connectivity index (χ4v) is 4.27. The normalized spacial score (nSPS) is 13.3. The maximum absolute atomic E-state index is 14.0. The number of piperazine rings is 1. The van der Waals surface area contributed by atoms with E-state index in [0.29, 0.717) is 47.5 Å². The average Bonchev–Trinajstić information content (AvgIpc) is 2.84. The van der Waals surface area contributed by atoms with Crippen molar-refractivity contribution in [2.75, 3.05) is 36.4 Å². The van der Waals surface area contributed by atoms with Gasteiger partial charge < -0.3 is 15.1 Å². The second kappa shape index (κ2) is 11.0. The summed E-state index contributed by atoms with van der Waals surface area (Å²) in [5.74, 6) is -1.23. The Kier molecular flexibility index (Phi) is 7.85. The molecular weight excluding hydrogens is 510 g/mol. The minimum absolute atomic E-state index is 0.0663. The summed E-state index contributed by atoms with van der Waals surface area (Å²) in [6, 6.07) is 17.8. The summed E-state index contributed by atoms with van der Waals surface area (Å²) >= 11 is 17.4. The Labute approximate surface area is 217 Å². The van der Waals surface area contributed by atoms with Crippen LogP contribution in [0.5, 0.6) is 0 Å². The molecule has 4 rings (SSSR count). The van der Waals surface area contributed by atoms with Gasteiger partial charge in [-0.15, -0.1) is 0 Å². The van der Waals surface area contributed by atoms with Gasteiger partial charge in [0.2, 0.25) is 0 Å². The van der Waals surface area contributed by atoms with Crippen LogP contribution in [0.25, 0.3) is 0 Å². The van der Waals surface area contributed by atoms with E-state index in [-0.39, 0.29) is 22.5 Å². The third kappa shape index (κ3) is 6.08. The van der Waals surface area contributed by atoms with Crippen molar-refractivity contribution in [1.29, 1.82) is 0 Å². The van der Waals surface area contributed by atoms with Gasteiger partial charge in [-0.05, 0) is 66.8 Å². The Morgan fingerprint density at radius 2 is 1.54 bits per heavy atom. The number of amides is 2. The first-order valence-electron chi connectivity index (χ1n) is 10.8. The highest BCUT2D eigenvalue weighted by atomic mass is 35.5. The van der Waals surface area contributed by atoms with Crippen molar-refractivity contribution in [3.8, 4) is 0 Å². The van der Waals surface area contributed by atoms with Gasteiger partial charge in [0.25, 0.3) is 11.8 Å². The molecule has 2 N–H and O–H groups in total. The van der Waals surface area contributed by atoms with E-state index in [2.05, 4.69) is 15.5 Å². The molecule has 0 aliphatic carbocycles. The van der Waals surface area contributed by atoms with Gasteiger partial charge >= 0.3 is 0 Å².